The van der Waals surface area contributed by atoms with Crippen LogP contribution in [-0.2, 0) is 0 Å². The van der Waals surface area contributed by atoms with E-state index in [4.69, 9.17) is 40.9 Å². The molecule has 0 aromatic rings. The van der Waals surface area contributed by atoms with Gasteiger partial charge in [0.05, 0.1) is 0 Å². The van der Waals surface area contributed by atoms with Crippen LogP contribution in [0.3, 0.4) is 0 Å². The van der Waals surface area contributed by atoms with Crippen molar-refractivity contribution in [2.24, 2.45) is 76.6 Å². The molecule has 0 fully saturated rings. The highest BCUT2D eigenvalue weighted by atomic mass is 15.2. The Bertz CT molecular complexity index is 820. The van der Waals surface area contributed by atoms with Crippen molar-refractivity contribution in [2.75, 3.05) is 0 Å². The topological polar surface area (TPSA) is 269 Å². The van der Waals surface area contributed by atoms with Crippen LogP contribution in [0.4, 0.5) is 0 Å². The average molecular weight is 493 g/mol. The maximum atomic E-state index is 5.61. The summed E-state index contributed by atoms with van der Waals surface area (Å²) in [6.45, 7) is 3.85. The van der Waals surface area contributed by atoms with Crippen molar-refractivity contribution in [1.82, 2.24) is 0 Å². The number of nitrogens with two attached hydrogens (primary N) is 7. The normalized spacial score (nSPS) is 15.1. The van der Waals surface area contributed by atoms with Crippen molar-refractivity contribution in [3.05, 3.63) is 0 Å². The second-order valence-electron chi connectivity index (χ2n) is 8.10. The number of nitrogens with zero attached hydrogens (tertiary/aromatic N) is 7. The van der Waals surface area contributed by atoms with E-state index in [9.17, 15) is 0 Å². The van der Waals surface area contributed by atoms with Crippen LogP contribution in [0.15, 0.2) is 35.7 Å². The zero-order valence-electron chi connectivity index (χ0n) is 21.2. The first-order chi connectivity index (χ1) is 16.9. The van der Waals surface area contributed by atoms with E-state index in [-0.39, 0.29) is 0 Å². The first-order valence-corrected chi connectivity index (χ1v) is 11.7. The summed E-state index contributed by atoms with van der Waals surface area (Å²) in [4.78, 5) is 0. The van der Waals surface area contributed by atoms with Gasteiger partial charge in [-0.15, -0.1) is 0 Å². The summed E-state index contributed by atoms with van der Waals surface area (Å²) in [5.41, 5.74) is 5.70. The van der Waals surface area contributed by atoms with Crippen molar-refractivity contribution < 1.29 is 0 Å². The summed E-state index contributed by atoms with van der Waals surface area (Å²) in [6.07, 6.45) is 7.75. The minimum atomic E-state index is 0.470. The molecule has 0 atom stereocenters. The minimum absolute atomic E-state index is 0.470. The maximum absolute atomic E-state index is 5.61. The van der Waals surface area contributed by atoms with Gasteiger partial charge in [0.1, 0.15) is 0 Å². The van der Waals surface area contributed by atoms with E-state index in [0.717, 1.165) is 59.2 Å². The Morgan fingerprint density at radius 3 is 1.14 bits per heavy atom. The molecule has 0 aliphatic rings. The Balaban J connectivity index is 4.67. The fourth-order valence-corrected chi connectivity index (χ4v) is 3.32. The van der Waals surface area contributed by atoms with E-state index < -0.39 is 0 Å². The fraction of sp³-hybridized carbons (Fsp3) is 0.667. The van der Waals surface area contributed by atoms with E-state index >= 15 is 0 Å². The zero-order chi connectivity index (χ0) is 26.5. The summed E-state index contributed by atoms with van der Waals surface area (Å²) in [7, 11) is 0. The summed E-state index contributed by atoms with van der Waals surface area (Å²) < 4.78 is 0. The number of hydrazone groups is 7. The Hall–Kier alpha value is -3.71. The Kier molecular flexibility index (Phi) is 17.6. The average Bonchev–Trinajstić information content (AvgIpc) is 2.89. The van der Waals surface area contributed by atoms with Crippen molar-refractivity contribution in [3.63, 3.8) is 0 Å². The molecule has 0 rings (SSSR count). The van der Waals surface area contributed by atoms with Gasteiger partial charge in [-0.2, -0.15) is 35.7 Å². The molecular weight excluding hydrogens is 448 g/mol. The zero-order valence-corrected chi connectivity index (χ0v) is 21.2. The van der Waals surface area contributed by atoms with Gasteiger partial charge in [-0.25, -0.2) is 0 Å². The summed E-state index contributed by atoms with van der Waals surface area (Å²) in [5.74, 6) is 38.5. The lowest BCUT2D eigenvalue weighted by molar-refractivity contribution is 0.888. The third-order valence-electron chi connectivity index (χ3n) is 5.65. The van der Waals surface area contributed by atoms with Crippen LogP contribution in [0.2, 0.25) is 0 Å². The first-order valence-electron chi connectivity index (χ1n) is 11.7. The fourth-order valence-electron chi connectivity index (χ4n) is 3.32. The Morgan fingerprint density at radius 2 is 0.771 bits per heavy atom. The van der Waals surface area contributed by atoms with Gasteiger partial charge in [0.25, 0.3) is 0 Å². The monoisotopic (exact) mass is 492 g/mol. The molecule has 0 aliphatic heterocycles. The second-order valence-corrected chi connectivity index (χ2v) is 8.10. The molecule has 198 valence electrons. The lowest BCUT2D eigenvalue weighted by Gasteiger charge is -2.11. The quantitative estimate of drug-likeness (QED) is 0.0823. The number of hydrogen-bond donors (Lipinski definition) is 7. The van der Waals surface area contributed by atoms with Crippen LogP contribution in [0.25, 0.3) is 0 Å². The SMILES string of the molecule is CC/C(CC/C(CC/C(C/C(CCC/C(C/C(CC/C(C)=N\N)=N/N)=N/N)=N/N)=N/N)=N\N)=N\N. The number of hydrogen-bond acceptors (Lipinski definition) is 14. The van der Waals surface area contributed by atoms with Crippen molar-refractivity contribution in [2.45, 2.75) is 90.9 Å². The van der Waals surface area contributed by atoms with E-state index in [0.29, 0.717) is 57.8 Å². The van der Waals surface area contributed by atoms with Gasteiger partial charge in [-0.1, -0.05) is 6.92 Å². The standard InChI is InChI=1S/C21H44N14/c1-3-16(30-23)9-10-17(31-24)11-12-21(35-28)14-19(33-26)6-4-5-18(32-25)13-20(34-27)8-7-15(2)29-22/h3-14,22-28H2,1-2H3/b29-15-,30-16+,31-17+,32-18-,33-19+,34-20+,35-21-. The van der Waals surface area contributed by atoms with Gasteiger partial charge >= 0.3 is 0 Å². The molecule has 0 saturated carbocycles. The first kappa shape index (κ1) is 31.3. The maximum Gasteiger partial charge on any atom is 0.0436 e. The minimum Gasteiger partial charge on any atom is -0.323 e. The van der Waals surface area contributed by atoms with Crippen LogP contribution in [0.5, 0.6) is 0 Å². The lowest BCUT2D eigenvalue weighted by atomic mass is 9.98. The predicted octanol–water partition coefficient (Wildman–Crippen LogP) is 0.910. The molecule has 35 heavy (non-hydrogen) atoms. The third kappa shape index (κ3) is 14.2. The van der Waals surface area contributed by atoms with Crippen LogP contribution < -0.4 is 40.9 Å². The molecular formula is C21H44N14. The van der Waals surface area contributed by atoms with Gasteiger partial charge < -0.3 is 40.9 Å². The van der Waals surface area contributed by atoms with Gasteiger partial charge in [0, 0.05) is 52.8 Å². The van der Waals surface area contributed by atoms with Crippen LogP contribution in [0.1, 0.15) is 90.9 Å². The van der Waals surface area contributed by atoms with E-state index in [1.165, 1.54) is 0 Å². The summed E-state index contributed by atoms with van der Waals surface area (Å²) in [6, 6.07) is 0. The van der Waals surface area contributed by atoms with Crippen LogP contribution in [0, 0.1) is 0 Å². The van der Waals surface area contributed by atoms with Crippen molar-refractivity contribution in [3.8, 4) is 0 Å². The molecule has 0 saturated heterocycles. The molecule has 0 unspecified atom stereocenters. The molecule has 0 aliphatic carbocycles. The third-order valence-corrected chi connectivity index (χ3v) is 5.65. The van der Waals surface area contributed by atoms with E-state index in [1.807, 2.05) is 13.8 Å². The van der Waals surface area contributed by atoms with E-state index in [2.05, 4.69) is 35.7 Å². The van der Waals surface area contributed by atoms with Crippen molar-refractivity contribution >= 4 is 40.0 Å². The second kappa shape index (κ2) is 19.7. The largest absolute Gasteiger partial charge is 0.323 e. The highest BCUT2D eigenvalue weighted by Gasteiger charge is 2.12. The van der Waals surface area contributed by atoms with Crippen molar-refractivity contribution in [1.29, 1.82) is 0 Å². The van der Waals surface area contributed by atoms with E-state index in [1.54, 1.807) is 0 Å². The van der Waals surface area contributed by atoms with Crippen LogP contribution >= 0.6 is 0 Å². The Morgan fingerprint density at radius 1 is 0.429 bits per heavy atom. The molecule has 0 aromatic carbocycles. The van der Waals surface area contributed by atoms with Gasteiger partial charge in [-0.3, -0.25) is 0 Å². The smallest absolute Gasteiger partial charge is 0.0436 e. The highest BCUT2D eigenvalue weighted by Crippen LogP contribution is 2.11. The highest BCUT2D eigenvalue weighted by molar-refractivity contribution is 6.07. The number of rotatable bonds is 18. The lowest BCUT2D eigenvalue weighted by Crippen LogP contribution is -2.16. The molecule has 0 spiro atoms. The van der Waals surface area contributed by atoms with Gasteiger partial charge in [0.15, 0.2) is 0 Å². The summed E-state index contributed by atoms with van der Waals surface area (Å²) >= 11 is 0. The van der Waals surface area contributed by atoms with Crippen LogP contribution in [-0.4, -0.2) is 40.0 Å². The molecule has 0 heterocycles. The molecule has 0 amide bonds. The molecule has 14 N–H and O–H groups in total. The molecule has 14 heteroatoms. The van der Waals surface area contributed by atoms with Gasteiger partial charge in [-0.05, 0) is 71.1 Å². The summed E-state index contributed by atoms with van der Waals surface area (Å²) in [5, 5.41) is 26.9. The molecule has 14 nitrogen and oxygen atoms in total. The molecule has 0 aromatic heterocycles. The molecule has 0 bridgehead atoms. The molecule has 0 radical (unpaired) electrons. The van der Waals surface area contributed by atoms with Gasteiger partial charge in [0.2, 0.25) is 0 Å². The predicted molar refractivity (Wildman–Crippen MR) is 148 cm³/mol. The Labute approximate surface area is 207 Å².